The zero-order valence-electron chi connectivity index (χ0n) is 16.1. The van der Waals surface area contributed by atoms with Gasteiger partial charge in [0.05, 0.1) is 16.9 Å². The molecule has 0 aliphatic carbocycles. The lowest BCUT2D eigenvalue weighted by Crippen LogP contribution is -2.26. The normalized spacial score (nSPS) is 12.0. The highest BCUT2D eigenvalue weighted by Gasteiger charge is 2.21. The third-order valence-electron chi connectivity index (χ3n) is 4.02. The Morgan fingerprint density at radius 3 is 2.93 bits per heavy atom. The molecule has 3 rings (SSSR count). The molecular formula is C19H22FN5O3S. The molecule has 1 amide bonds. The van der Waals surface area contributed by atoms with Crippen LogP contribution in [0.3, 0.4) is 0 Å². The highest BCUT2D eigenvalue weighted by molar-refractivity contribution is 7.20. The molecule has 10 heteroatoms. The van der Waals surface area contributed by atoms with Crippen LogP contribution in [0.2, 0.25) is 0 Å². The van der Waals surface area contributed by atoms with Gasteiger partial charge in [0.25, 0.3) is 5.91 Å². The zero-order valence-corrected chi connectivity index (χ0v) is 16.9. The molecular weight excluding hydrogens is 397 g/mol. The number of nitrogens with zero attached hydrogens (tertiary/aromatic N) is 3. The lowest BCUT2D eigenvalue weighted by Gasteiger charge is -2.13. The van der Waals surface area contributed by atoms with Gasteiger partial charge in [0.1, 0.15) is 35.4 Å². The average molecular weight is 419 g/mol. The van der Waals surface area contributed by atoms with E-state index in [0.29, 0.717) is 27.6 Å². The maximum atomic E-state index is 13.2. The Balaban J connectivity index is 1.99. The van der Waals surface area contributed by atoms with Gasteiger partial charge in [-0.1, -0.05) is 6.92 Å². The molecule has 0 spiro atoms. The predicted molar refractivity (Wildman–Crippen MR) is 110 cm³/mol. The molecule has 0 saturated heterocycles. The Morgan fingerprint density at radius 2 is 2.21 bits per heavy atom. The van der Waals surface area contributed by atoms with Crippen molar-refractivity contribution in [1.82, 2.24) is 20.3 Å². The fourth-order valence-corrected chi connectivity index (χ4v) is 3.93. The van der Waals surface area contributed by atoms with Crippen LogP contribution in [0.5, 0.6) is 5.88 Å². The Labute approximate surface area is 171 Å². The molecule has 0 bridgehead atoms. The second kappa shape index (κ2) is 9.57. The van der Waals surface area contributed by atoms with E-state index in [4.69, 9.17) is 9.84 Å². The van der Waals surface area contributed by atoms with Crippen LogP contribution in [0.25, 0.3) is 10.2 Å². The molecule has 0 aromatic carbocycles. The van der Waals surface area contributed by atoms with Crippen LogP contribution in [0, 0.1) is 0 Å². The summed E-state index contributed by atoms with van der Waals surface area (Å²) in [5.41, 5.74) is 1.35. The van der Waals surface area contributed by atoms with Crippen LogP contribution in [-0.2, 0) is 6.42 Å². The van der Waals surface area contributed by atoms with E-state index in [-0.39, 0.29) is 31.5 Å². The van der Waals surface area contributed by atoms with E-state index in [2.05, 4.69) is 25.6 Å². The number of halogens is 1. The lowest BCUT2D eigenvalue weighted by molar-refractivity contribution is 0.0948. The van der Waals surface area contributed by atoms with Crippen LogP contribution < -0.4 is 15.4 Å². The Bertz CT molecular complexity index is 995. The van der Waals surface area contributed by atoms with Gasteiger partial charge in [0.15, 0.2) is 0 Å². The molecule has 3 N–H and O–H groups in total. The van der Waals surface area contributed by atoms with Gasteiger partial charge in [-0.2, -0.15) is 0 Å². The van der Waals surface area contributed by atoms with Gasteiger partial charge in [0, 0.05) is 12.7 Å². The SMILES string of the molecule is CCc1c(C(=O)NCCO)sc2ncnc(Nc3cccnc3OCC(C)F)c12. The molecule has 3 heterocycles. The number of fused-ring (bicyclic) bond motifs is 1. The number of hydrogen-bond acceptors (Lipinski definition) is 8. The number of nitrogens with one attached hydrogen (secondary N) is 2. The van der Waals surface area contributed by atoms with Gasteiger partial charge < -0.3 is 20.5 Å². The van der Waals surface area contributed by atoms with Crippen LogP contribution in [0.15, 0.2) is 24.7 Å². The van der Waals surface area contributed by atoms with Gasteiger partial charge in [-0.15, -0.1) is 11.3 Å². The Morgan fingerprint density at radius 1 is 1.38 bits per heavy atom. The molecule has 3 aromatic heterocycles. The third kappa shape index (κ3) is 4.77. The van der Waals surface area contributed by atoms with Gasteiger partial charge in [0.2, 0.25) is 5.88 Å². The van der Waals surface area contributed by atoms with Gasteiger partial charge in [-0.25, -0.2) is 19.3 Å². The summed E-state index contributed by atoms with van der Waals surface area (Å²) in [5, 5.41) is 15.6. The Kier molecular flexibility index (Phi) is 6.89. The predicted octanol–water partition coefficient (Wildman–Crippen LogP) is 2.85. The number of carbonyl (C=O) groups is 1. The van der Waals surface area contributed by atoms with Crippen molar-refractivity contribution in [2.45, 2.75) is 26.4 Å². The number of aryl methyl sites for hydroxylation is 1. The molecule has 154 valence electrons. The fraction of sp³-hybridized carbons (Fsp3) is 0.368. The number of amides is 1. The van der Waals surface area contributed by atoms with Crippen LogP contribution in [0.1, 0.15) is 29.1 Å². The van der Waals surface area contributed by atoms with E-state index in [0.717, 1.165) is 10.9 Å². The van der Waals surface area contributed by atoms with E-state index in [1.165, 1.54) is 24.6 Å². The van der Waals surface area contributed by atoms with Crippen molar-refractivity contribution in [1.29, 1.82) is 0 Å². The Hall–Kier alpha value is -2.85. The van der Waals surface area contributed by atoms with Crippen molar-refractivity contribution in [3.8, 4) is 5.88 Å². The number of aromatic nitrogens is 3. The minimum Gasteiger partial charge on any atom is -0.473 e. The third-order valence-corrected chi connectivity index (χ3v) is 5.16. The van der Waals surface area contributed by atoms with Crippen molar-refractivity contribution in [2.75, 3.05) is 25.1 Å². The van der Waals surface area contributed by atoms with E-state index < -0.39 is 6.17 Å². The van der Waals surface area contributed by atoms with E-state index in [1.807, 2.05) is 6.92 Å². The van der Waals surface area contributed by atoms with Gasteiger partial charge in [-0.3, -0.25) is 4.79 Å². The topological polar surface area (TPSA) is 109 Å². The quantitative estimate of drug-likeness (QED) is 0.489. The standard InChI is InChI=1S/C19H22FN5O3S/c1-3-12-14-16(25-13-5-4-6-22-18(13)28-9-11(2)20)23-10-24-19(14)29-15(12)17(27)21-7-8-26/h4-6,10-11,26H,3,7-9H2,1-2H3,(H,21,27)(H,23,24,25). The maximum absolute atomic E-state index is 13.2. The van der Waals surface area contributed by atoms with Crippen LogP contribution in [0.4, 0.5) is 15.9 Å². The van der Waals surface area contributed by atoms with E-state index >= 15 is 0 Å². The largest absolute Gasteiger partial charge is 0.473 e. The molecule has 0 aliphatic heterocycles. The summed E-state index contributed by atoms with van der Waals surface area (Å²) in [6, 6.07) is 3.49. The second-order valence-corrected chi connectivity index (χ2v) is 7.22. The van der Waals surface area contributed by atoms with Crippen molar-refractivity contribution in [2.24, 2.45) is 0 Å². The molecule has 29 heavy (non-hydrogen) atoms. The first kappa shape index (κ1) is 20.9. The monoisotopic (exact) mass is 419 g/mol. The number of anilines is 2. The second-order valence-electron chi connectivity index (χ2n) is 6.22. The summed E-state index contributed by atoms with van der Waals surface area (Å²) >= 11 is 1.27. The van der Waals surface area contributed by atoms with Crippen molar-refractivity contribution in [3.63, 3.8) is 0 Å². The molecule has 3 aromatic rings. The highest BCUT2D eigenvalue weighted by atomic mass is 32.1. The minimum absolute atomic E-state index is 0.112. The van der Waals surface area contributed by atoms with Crippen LogP contribution in [-0.4, -0.2) is 51.9 Å². The fourth-order valence-electron chi connectivity index (χ4n) is 2.78. The van der Waals surface area contributed by atoms with Crippen LogP contribution >= 0.6 is 11.3 Å². The molecule has 0 radical (unpaired) electrons. The number of aliphatic hydroxyl groups is 1. The summed E-state index contributed by atoms with van der Waals surface area (Å²) in [6.45, 7) is 3.29. The first-order valence-corrected chi connectivity index (χ1v) is 10.0. The van der Waals surface area contributed by atoms with Gasteiger partial charge in [-0.05, 0) is 31.0 Å². The summed E-state index contributed by atoms with van der Waals surface area (Å²) in [7, 11) is 0. The summed E-state index contributed by atoms with van der Waals surface area (Å²) in [5.74, 6) is 0.514. The summed E-state index contributed by atoms with van der Waals surface area (Å²) < 4.78 is 18.6. The molecule has 1 atom stereocenters. The van der Waals surface area contributed by atoms with E-state index in [9.17, 15) is 9.18 Å². The number of aliphatic hydroxyl groups excluding tert-OH is 1. The molecule has 0 saturated carbocycles. The van der Waals surface area contributed by atoms with E-state index in [1.54, 1.807) is 18.3 Å². The number of rotatable bonds is 9. The molecule has 0 fully saturated rings. The number of hydrogen-bond donors (Lipinski definition) is 3. The van der Waals surface area contributed by atoms with Crippen molar-refractivity contribution >= 4 is 39.0 Å². The molecule has 8 nitrogen and oxygen atoms in total. The minimum atomic E-state index is -1.13. The number of carbonyl (C=O) groups excluding carboxylic acids is 1. The van der Waals surface area contributed by atoms with Crippen molar-refractivity contribution < 1.29 is 19.0 Å². The number of ether oxygens (including phenoxy) is 1. The first-order chi connectivity index (χ1) is 14.0. The number of pyridine rings is 1. The average Bonchev–Trinajstić information content (AvgIpc) is 3.11. The zero-order chi connectivity index (χ0) is 20.8. The van der Waals surface area contributed by atoms with Crippen molar-refractivity contribution in [3.05, 3.63) is 35.1 Å². The first-order valence-electron chi connectivity index (χ1n) is 9.19. The molecule has 0 aliphatic rings. The lowest BCUT2D eigenvalue weighted by atomic mass is 10.1. The summed E-state index contributed by atoms with van der Waals surface area (Å²) in [4.78, 5) is 26.5. The maximum Gasteiger partial charge on any atom is 0.261 e. The highest BCUT2D eigenvalue weighted by Crippen LogP contribution is 2.36. The molecule has 1 unspecified atom stereocenters. The van der Waals surface area contributed by atoms with Gasteiger partial charge >= 0.3 is 0 Å². The number of alkyl halides is 1. The smallest absolute Gasteiger partial charge is 0.261 e. The summed E-state index contributed by atoms with van der Waals surface area (Å²) in [6.07, 6.45) is 2.44. The number of thiophene rings is 1.